The number of carboxylic acids is 1. The Labute approximate surface area is 218 Å². The Kier molecular flexibility index (Phi) is 5.67. The Hall–Kier alpha value is -4.59. The van der Waals surface area contributed by atoms with E-state index in [1.807, 2.05) is 43.3 Å². The number of amides is 1. The van der Waals surface area contributed by atoms with Gasteiger partial charge in [0.15, 0.2) is 0 Å². The van der Waals surface area contributed by atoms with Gasteiger partial charge < -0.3 is 10.0 Å². The van der Waals surface area contributed by atoms with Crippen LogP contribution in [-0.2, 0) is 16.0 Å². The van der Waals surface area contributed by atoms with E-state index in [0.717, 1.165) is 27.9 Å². The van der Waals surface area contributed by atoms with Gasteiger partial charge in [0.1, 0.15) is 11.7 Å². The fourth-order valence-electron chi connectivity index (χ4n) is 5.60. The van der Waals surface area contributed by atoms with Gasteiger partial charge in [-0.1, -0.05) is 61.0 Å². The quantitative estimate of drug-likeness (QED) is 0.436. The number of aliphatic imine (C=N–C) groups is 1. The molecule has 0 saturated heterocycles. The van der Waals surface area contributed by atoms with Crippen molar-refractivity contribution < 1.29 is 14.7 Å². The standard InChI is InChI=1S/C30H26N4O4/c1-3-20(30(37)38)26-31-23-12-8-7-11-21(23)28(35)34(26)27-29(36)33-14-13-19-15-17(2)16-22(25(19)33)24(32-27)18-9-5-4-6-10-18/h4-12,15-16,20,27H,3,13-14H2,1-2H3,(H,37,38). The molecule has 4 aromatic rings. The van der Waals surface area contributed by atoms with Crippen LogP contribution in [0.25, 0.3) is 10.9 Å². The molecular formula is C30H26N4O4. The van der Waals surface area contributed by atoms with Gasteiger partial charge >= 0.3 is 5.97 Å². The molecule has 2 atom stereocenters. The molecular weight excluding hydrogens is 480 g/mol. The minimum Gasteiger partial charge on any atom is -0.481 e. The maximum absolute atomic E-state index is 14.2. The summed E-state index contributed by atoms with van der Waals surface area (Å²) in [7, 11) is 0. The summed E-state index contributed by atoms with van der Waals surface area (Å²) in [5.74, 6) is -2.54. The van der Waals surface area contributed by atoms with Crippen LogP contribution in [-0.4, -0.2) is 38.8 Å². The minimum absolute atomic E-state index is 0.0276. The van der Waals surface area contributed by atoms with Crippen LogP contribution >= 0.6 is 0 Å². The lowest BCUT2D eigenvalue weighted by molar-refractivity contribution is -0.139. The van der Waals surface area contributed by atoms with Gasteiger partial charge in [-0.3, -0.25) is 19.0 Å². The molecule has 0 radical (unpaired) electrons. The fraction of sp³-hybridized carbons (Fsp3) is 0.233. The van der Waals surface area contributed by atoms with Crippen molar-refractivity contribution in [3.8, 4) is 0 Å². The first kappa shape index (κ1) is 23.8. The molecule has 2 unspecified atom stereocenters. The third-order valence-electron chi connectivity index (χ3n) is 7.35. The second-order valence-electron chi connectivity index (χ2n) is 9.74. The largest absolute Gasteiger partial charge is 0.481 e. The molecule has 2 aliphatic heterocycles. The molecule has 2 aliphatic rings. The molecule has 3 aromatic carbocycles. The summed E-state index contributed by atoms with van der Waals surface area (Å²) >= 11 is 0. The number of hydrogen-bond donors (Lipinski definition) is 1. The van der Waals surface area contributed by atoms with Crippen LogP contribution in [0.2, 0.25) is 0 Å². The van der Waals surface area contributed by atoms with Gasteiger partial charge in [-0.15, -0.1) is 0 Å². The summed E-state index contributed by atoms with van der Waals surface area (Å²) in [6.45, 7) is 4.20. The third-order valence-corrected chi connectivity index (χ3v) is 7.35. The zero-order valence-electron chi connectivity index (χ0n) is 21.1. The van der Waals surface area contributed by atoms with Crippen LogP contribution in [0, 0.1) is 6.92 Å². The smallest absolute Gasteiger partial charge is 0.314 e. The molecule has 190 valence electrons. The van der Waals surface area contributed by atoms with Crippen molar-refractivity contribution >= 4 is 34.2 Å². The molecule has 1 amide bonds. The van der Waals surface area contributed by atoms with Crippen LogP contribution in [0.15, 0.2) is 76.5 Å². The number of fused-ring (bicyclic) bond motifs is 1. The molecule has 0 spiro atoms. The first-order valence-corrected chi connectivity index (χ1v) is 12.7. The van der Waals surface area contributed by atoms with Crippen molar-refractivity contribution in [3.63, 3.8) is 0 Å². The monoisotopic (exact) mass is 506 g/mol. The summed E-state index contributed by atoms with van der Waals surface area (Å²) in [5.41, 5.74) is 5.03. The number of aryl methyl sites for hydroxylation is 1. The van der Waals surface area contributed by atoms with Gasteiger partial charge in [-0.05, 0) is 43.5 Å². The summed E-state index contributed by atoms with van der Waals surface area (Å²) in [6, 6.07) is 20.5. The highest BCUT2D eigenvalue weighted by molar-refractivity contribution is 6.20. The van der Waals surface area contributed by atoms with Crippen LogP contribution in [0.5, 0.6) is 0 Å². The lowest BCUT2D eigenvalue weighted by Gasteiger charge is -2.25. The number of rotatable bonds is 5. The van der Waals surface area contributed by atoms with Gasteiger partial charge in [-0.25, -0.2) is 9.98 Å². The second-order valence-corrected chi connectivity index (χ2v) is 9.74. The van der Waals surface area contributed by atoms with E-state index >= 15 is 0 Å². The average molecular weight is 507 g/mol. The number of nitrogens with zero attached hydrogens (tertiary/aromatic N) is 4. The predicted molar refractivity (Wildman–Crippen MR) is 145 cm³/mol. The lowest BCUT2D eigenvalue weighted by atomic mass is 9.96. The van der Waals surface area contributed by atoms with E-state index in [4.69, 9.17) is 4.99 Å². The lowest BCUT2D eigenvalue weighted by Crippen LogP contribution is -2.41. The molecule has 3 heterocycles. The van der Waals surface area contributed by atoms with Crippen molar-refractivity contribution in [1.29, 1.82) is 0 Å². The Morgan fingerprint density at radius 2 is 1.82 bits per heavy atom. The van der Waals surface area contributed by atoms with Crippen molar-refractivity contribution in [3.05, 3.63) is 105 Å². The highest BCUT2D eigenvalue weighted by Gasteiger charge is 2.40. The SMILES string of the molecule is CCC(C(=O)O)c1nc2ccccc2c(=O)n1C1N=C(c2ccccc2)c2cc(C)cc3c2N(CC3)C1=O. The number of aliphatic carboxylic acids is 1. The summed E-state index contributed by atoms with van der Waals surface area (Å²) in [6.07, 6.45) is -0.421. The topological polar surface area (TPSA) is 105 Å². The predicted octanol–water partition coefficient (Wildman–Crippen LogP) is 4.22. The maximum atomic E-state index is 14.2. The molecule has 0 fully saturated rings. The van der Waals surface area contributed by atoms with Gasteiger partial charge in [0.25, 0.3) is 11.5 Å². The second kappa shape index (κ2) is 9.06. The highest BCUT2D eigenvalue weighted by Crippen LogP contribution is 2.39. The number of anilines is 1. The number of aromatic nitrogens is 2. The molecule has 8 heteroatoms. The van der Waals surface area contributed by atoms with E-state index in [1.165, 1.54) is 4.57 Å². The number of carboxylic acid groups (broad SMARTS) is 1. The molecule has 38 heavy (non-hydrogen) atoms. The molecule has 0 bridgehead atoms. The number of carbonyl (C=O) groups is 2. The minimum atomic E-state index is -1.31. The molecule has 1 N–H and O–H groups in total. The Balaban J connectivity index is 1.70. The molecule has 6 rings (SSSR count). The summed E-state index contributed by atoms with van der Waals surface area (Å²) in [4.78, 5) is 51.9. The average Bonchev–Trinajstić information content (AvgIpc) is 3.29. The number of carbonyl (C=O) groups excluding carboxylic acids is 1. The Morgan fingerprint density at radius 1 is 1.08 bits per heavy atom. The van der Waals surface area contributed by atoms with Gasteiger partial charge in [0.2, 0.25) is 6.17 Å². The van der Waals surface area contributed by atoms with Gasteiger partial charge in [0.05, 0.1) is 22.3 Å². The van der Waals surface area contributed by atoms with E-state index < -0.39 is 23.6 Å². The zero-order chi connectivity index (χ0) is 26.6. The van der Waals surface area contributed by atoms with Crippen molar-refractivity contribution in [2.24, 2.45) is 4.99 Å². The third kappa shape index (κ3) is 3.63. The number of para-hydroxylation sites is 1. The van der Waals surface area contributed by atoms with E-state index in [-0.39, 0.29) is 18.2 Å². The fourth-order valence-corrected chi connectivity index (χ4v) is 5.60. The first-order chi connectivity index (χ1) is 18.4. The highest BCUT2D eigenvalue weighted by atomic mass is 16.4. The Bertz CT molecular complexity index is 1710. The van der Waals surface area contributed by atoms with E-state index in [1.54, 1.807) is 36.1 Å². The van der Waals surface area contributed by atoms with Crippen molar-refractivity contribution in [1.82, 2.24) is 9.55 Å². The van der Waals surface area contributed by atoms with E-state index in [0.29, 0.717) is 29.6 Å². The first-order valence-electron chi connectivity index (χ1n) is 12.7. The van der Waals surface area contributed by atoms with Crippen LogP contribution < -0.4 is 10.5 Å². The Morgan fingerprint density at radius 3 is 2.55 bits per heavy atom. The molecule has 0 saturated carbocycles. The van der Waals surface area contributed by atoms with Gasteiger partial charge in [0, 0.05) is 17.7 Å². The summed E-state index contributed by atoms with van der Waals surface area (Å²) < 4.78 is 1.21. The van der Waals surface area contributed by atoms with E-state index in [2.05, 4.69) is 11.1 Å². The zero-order valence-corrected chi connectivity index (χ0v) is 21.1. The molecule has 1 aromatic heterocycles. The number of hydrogen-bond acceptors (Lipinski definition) is 5. The van der Waals surface area contributed by atoms with Crippen LogP contribution in [0.1, 0.15) is 53.5 Å². The molecule has 0 aliphatic carbocycles. The van der Waals surface area contributed by atoms with Crippen molar-refractivity contribution in [2.45, 2.75) is 38.8 Å². The maximum Gasteiger partial charge on any atom is 0.314 e. The van der Waals surface area contributed by atoms with Crippen LogP contribution in [0.4, 0.5) is 5.69 Å². The van der Waals surface area contributed by atoms with Crippen LogP contribution in [0.3, 0.4) is 0 Å². The number of benzene rings is 3. The normalized spacial score (nSPS) is 17.2. The molecule has 8 nitrogen and oxygen atoms in total. The van der Waals surface area contributed by atoms with Gasteiger partial charge in [-0.2, -0.15) is 0 Å². The van der Waals surface area contributed by atoms with E-state index in [9.17, 15) is 19.5 Å². The summed E-state index contributed by atoms with van der Waals surface area (Å²) in [5, 5.41) is 10.4. The van der Waals surface area contributed by atoms with Crippen molar-refractivity contribution in [2.75, 3.05) is 11.4 Å².